The molecule has 0 bridgehead atoms. The van der Waals surface area contributed by atoms with Gasteiger partial charge in [0.25, 0.3) is 5.91 Å². The van der Waals surface area contributed by atoms with Gasteiger partial charge in [-0.15, -0.1) is 0 Å². The highest BCUT2D eigenvalue weighted by Crippen LogP contribution is 2.17. The Labute approximate surface area is 147 Å². The highest BCUT2D eigenvalue weighted by atomic mass is 16.5. The van der Waals surface area contributed by atoms with E-state index in [-0.39, 0.29) is 18.9 Å². The van der Waals surface area contributed by atoms with Crippen molar-refractivity contribution in [2.45, 2.75) is 33.0 Å². The van der Waals surface area contributed by atoms with E-state index in [1.54, 1.807) is 30.3 Å². The van der Waals surface area contributed by atoms with Crippen LogP contribution in [0.15, 0.2) is 41.0 Å². The number of rotatable bonds is 8. The maximum Gasteiger partial charge on any atom is 0.287 e. The number of carbonyl (C=O) groups excluding carboxylic acids is 1. The molecule has 6 nitrogen and oxygen atoms in total. The number of nitrogens with one attached hydrogen (secondary N) is 1. The molecular weight excluding hydrogens is 320 g/mol. The quantitative estimate of drug-likeness (QED) is 0.769. The predicted octanol–water partition coefficient (Wildman–Crippen LogP) is 2.87. The number of hydrogen-bond acceptors (Lipinski definition) is 5. The lowest BCUT2D eigenvalue weighted by Gasteiger charge is -2.13. The second kappa shape index (κ2) is 8.90. The zero-order valence-corrected chi connectivity index (χ0v) is 14.4. The SMILES string of the molecule is CC(C)CC(O)CNC(=O)c1occc1COc1cccc(C#N)c1. The average molecular weight is 342 g/mol. The van der Waals surface area contributed by atoms with Gasteiger partial charge in [-0.1, -0.05) is 19.9 Å². The lowest BCUT2D eigenvalue weighted by atomic mass is 10.1. The van der Waals surface area contributed by atoms with Crippen molar-refractivity contribution in [1.29, 1.82) is 5.26 Å². The van der Waals surface area contributed by atoms with Gasteiger partial charge in [0.2, 0.25) is 0 Å². The number of ether oxygens (including phenoxy) is 1. The molecule has 0 saturated carbocycles. The first-order chi connectivity index (χ1) is 12.0. The van der Waals surface area contributed by atoms with E-state index in [0.717, 1.165) is 0 Å². The third kappa shape index (κ3) is 5.66. The number of carbonyl (C=O) groups is 1. The maximum atomic E-state index is 12.2. The topological polar surface area (TPSA) is 95.5 Å². The van der Waals surface area contributed by atoms with Crippen LogP contribution >= 0.6 is 0 Å². The summed E-state index contributed by atoms with van der Waals surface area (Å²) in [5.74, 6) is 0.660. The van der Waals surface area contributed by atoms with E-state index in [9.17, 15) is 9.90 Å². The fourth-order valence-electron chi connectivity index (χ4n) is 2.38. The van der Waals surface area contributed by atoms with Crippen LogP contribution < -0.4 is 10.1 Å². The van der Waals surface area contributed by atoms with E-state index in [1.807, 2.05) is 19.9 Å². The molecule has 0 spiro atoms. The molecule has 1 amide bonds. The van der Waals surface area contributed by atoms with Crippen LogP contribution in [0.5, 0.6) is 5.75 Å². The molecule has 0 aliphatic heterocycles. The largest absolute Gasteiger partial charge is 0.489 e. The van der Waals surface area contributed by atoms with Crippen molar-refractivity contribution in [1.82, 2.24) is 5.32 Å². The van der Waals surface area contributed by atoms with Gasteiger partial charge in [-0.05, 0) is 36.6 Å². The minimum absolute atomic E-state index is 0.142. The van der Waals surface area contributed by atoms with Gasteiger partial charge in [0.15, 0.2) is 5.76 Å². The van der Waals surface area contributed by atoms with Crippen molar-refractivity contribution < 1.29 is 19.1 Å². The summed E-state index contributed by atoms with van der Waals surface area (Å²) in [4.78, 5) is 12.2. The number of aliphatic hydroxyl groups is 1. The standard InChI is InChI=1S/C19H22N2O4/c1-13(2)8-16(22)11-21-19(23)18-15(6-7-24-18)12-25-17-5-3-4-14(9-17)10-20/h3-7,9,13,16,22H,8,11-12H2,1-2H3,(H,21,23). The highest BCUT2D eigenvalue weighted by Gasteiger charge is 2.17. The Morgan fingerprint density at radius 2 is 2.20 bits per heavy atom. The van der Waals surface area contributed by atoms with Gasteiger partial charge in [0.1, 0.15) is 12.4 Å². The molecule has 2 N–H and O–H groups in total. The first-order valence-electron chi connectivity index (χ1n) is 8.15. The molecule has 2 aromatic rings. The summed E-state index contributed by atoms with van der Waals surface area (Å²) in [5.41, 5.74) is 1.10. The zero-order chi connectivity index (χ0) is 18.2. The molecule has 6 heteroatoms. The minimum atomic E-state index is -0.590. The minimum Gasteiger partial charge on any atom is -0.489 e. The summed E-state index contributed by atoms with van der Waals surface area (Å²) in [6.45, 7) is 4.33. The van der Waals surface area contributed by atoms with Gasteiger partial charge in [-0.3, -0.25) is 4.79 Å². The third-order valence-electron chi connectivity index (χ3n) is 3.55. The van der Waals surface area contributed by atoms with E-state index in [1.165, 1.54) is 6.26 Å². The number of furan rings is 1. The van der Waals surface area contributed by atoms with Crippen LogP contribution in [0.3, 0.4) is 0 Å². The second-order valence-electron chi connectivity index (χ2n) is 6.20. The Bertz CT molecular complexity index is 746. The van der Waals surface area contributed by atoms with E-state index >= 15 is 0 Å². The Balaban J connectivity index is 1.93. The highest BCUT2D eigenvalue weighted by molar-refractivity contribution is 5.92. The van der Waals surface area contributed by atoms with Crippen LogP contribution in [-0.2, 0) is 6.61 Å². The molecule has 1 atom stereocenters. The summed E-state index contributed by atoms with van der Waals surface area (Å²) in [6.07, 6.45) is 1.44. The molecule has 0 aliphatic rings. The average Bonchev–Trinajstić information content (AvgIpc) is 3.06. The normalized spacial score (nSPS) is 11.8. The van der Waals surface area contributed by atoms with Gasteiger partial charge in [-0.2, -0.15) is 5.26 Å². The molecule has 1 aromatic heterocycles. The molecule has 0 radical (unpaired) electrons. The van der Waals surface area contributed by atoms with E-state index in [2.05, 4.69) is 5.32 Å². The molecule has 1 unspecified atom stereocenters. The molecule has 0 aliphatic carbocycles. The molecular formula is C19H22N2O4. The molecule has 0 saturated heterocycles. The Morgan fingerprint density at radius 1 is 1.40 bits per heavy atom. The second-order valence-corrected chi connectivity index (χ2v) is 6.20. The summed E-state index contributed by atoms with van der Waals surface area (Å²) >= 11 is 0. The first-order valence-corrected chi connectivity index (χ1v) is 8.15. The molecule has 25 heavy (non-hydrogen) atoms. The lowest BCUT2D eigenvalue weighted by Crippen LogP contribution is -2.33. The monoisotopic (exact) mass is 342 g/mol. The molecule has 2 rings (SSSR count). The zero-order valence-electron chi connectivity index (χ0n) is 14.4. The van der Waals surface area contributed by atoms with Crippen molar-refractivity contribution in [3.8, 4) is 11.8 Å². The maximum absolute atomic E-state index is 12.2. The fourth-order valence-corrected chi connectivity index (χ4v) is 2.38. The number of nitrogens with zero attached hydrogens (tertiary/aromatic N) is 1. The number of nitriles is 1. The van der Waals surface area contributed by atoms with E-state index < -0.39 is 12.0 Å². The molecule has 132 valence electrons. The smallest absolute Gasteiger partial charge is 0.287 e. The van der Waals surface area contributed by atoms with Crippen LogP contribution in [0.2, 0.25) is 0 Å². The van der Waals surface area contributed by atoms with Gasteiger partial charge < -0.3 is 19.6 Å². The van der Waals surface area contributed by atoms with Crippen molar-refractivity contribution in [2.24, 2.45) is 5.92 Å². The summed E-state index contributed by atoms with van der Waals surface area (Å²) in [6, 6.07) is 10.5. The van der Waals surface area contributed by atoms with Crippen LogP contribution in [0.1, 0.15) is 41.9 Å². The molecule has 1 aromatic carbocycles. The lowest BCUT2D eigenvalue weighted by molar-refractivity contribution is 0.0870. The van der Waals surface area contributed by atoms with Gasteiger partial charge in [0.05, 0.1) is 24.0 Å². The Kier molecular flexibility index (Phi) is 6.61. The van der Waals surface area contributed by atoms with Crippen molar-refractivity contribution >= 4 is 5.91 Å². The Morgan fingerprint density at radius 3 is 2.92 bits per heavy atom. The van der Waals surface area contributed by atoms with E-state index in [0.29, 0.717) is 29.2 Å². The number of amides is 1. The number of hydrogen-bond donors (Lipinski definition) is 2. The molecule has 0 fully saturated rings. The predicted molar refractivity (Wildman–Crippen MR) is 92.0 cm³/mol. The van der Waals surface area contributed by atoms with Crippen molar-refractivity contribution in [3.05, 3.63) is 53.5 Å². The Hall–Kier alpha value is -2.78. The summed E-state index contributed by atoms with van der Waals surface area (Å²) in [5, 5.41) is 21.4. The van der Waals surface area contributed by atoms with Crippen molar-refractivity contribution in [3.63, 3.8) is 0 Å². The number of aliphatic hydroxyl groups excluding tert-OH is 1. The summed E-state index contributed by atoms with van der Waals surface area (Å²) in [7, 11) is 0. The molecule has 1 heterocycles. The van der Waals surface area contributed by atoms with Crippen molar-refractivity contribution in [2.75, 3.05) is 6.54 Å². The van der Waals surface area contributed by atoms with Crippen LogP contribution in [0, 0.1) is 17.2 Å². The third-order valence-corrected chi connectivity index (χ3v) is 3.55. The van der Waals surface area contributed by atoms with Gasteiger partial charge in [-0.25, -0.2) is 0 Å². The van der Waals surface area contributed by atoms with Gasteiger partial charge in [0, 0.05) is 12.1 Å². The van der Waals surface area contributed by atoms with Crippen LogP contribution in [0.25, 0.3) is 0 Å². The van der Waals surface area contributed by atoms with Crippen LogP contribution in [0.4, 0.5) is 0 Å². The number of benzene rings is 1. The van der Waals surface area contributed by atoms with Crippen LogP contribution in [-0.4, -0.2) is 23.7 Å². The van der Waals surface area contributed by atoms with E-state index in [4.69, 9.17) is 14.4 Å². The fraction of sp³-hybridized carbons (Fsp3) is 0.368. The first kappa shape index (κ1) is 18.6. The van der Waals surface area contributed by atoms with Gasteiger partial charge >= 0.3 is 0 Å². The summed E-state index contributed by atoms with van der Waals surface area (Å²) < 4.78 is 10.9.